The van der Waals surface area contributed by atoms with Gasteiger partial charge in [-0.25, -0.2) is 0 Å². The zero-order chi connectivity index (χ0) is 14.4. The quantitative estimate of drug-likeness (QED) is 0.846. The van der Waals surface area contributed by atoms with Crippen molar-refractivity contribution in [1.29, 1.82) is 0 Å². The lowest BCUT2D eigenvalue weighted by atomic mass is 10.2. The van der Waals surface area contributed by atoms with Crippen LogP contribution in [0, 0.1) is 0 Å². The van der Waals surface area contributed by atoms with E-state index in [1.807, 2.05) is 37.3 Å². The summed E-state index contributed by atoms with van der Waals surface area (Å²) < 4.78 is 10.6. The van der Waals surface area contributed by atoms with E-state index in [9.17, 15) is 0 Å². The normalized spacial score (nSPS) is 10.1. The number of rotatable bonds is 6. The molecule has 0 saturated carbocycles. The van der Waals surface area contributed by atoms with Crippen LogP contribution >= 0.6 is 0 Å². The summed E-state index contributed by atoms with van der Waals surface area (Å²) in [7, 11) is 1.66. The number of nitrogens with zero attached hydrogens (tertiary/aromatic N) is 1. The first-order chi connectivity index (χ1) is 9.72. The summed E-state index contributed by atoms with van der Waals surface area (Å²) in [6.07, 6.45) is 0. The van der Waals surface area contributed by atoms with Gasteiger partial charge in [0.25, 0.3) is 0 Å². The van der Waals surface area contributed by atoms with E-state index in [4.69, 9.17) is 15.2 Å². The molecule has 0 aliphatic rings. The number of hydrogen-bond donors (Lipinski definition) is 2. The van der Waals surface area contributed by atoms with Crippen molar-refractivity contribution in [3.05, 3.63) is 42.0 Å². The molecule has 0 amide bonds. The molecule has 2 aromatic rings. The van der Waals surface area contributed by atoms with Crippen molar-refractivity contribution >= 4 is 11.5 Å². The molecular formula is C15H19N3O2. The maximum absolute atomic E-state index is 5.79. The second-order valence-electron chi connectivity index (χ2n) is 4.23. The third kappa shape index (κ3) is 3.54. The lowest BCUT2D eigenvalue weighted by Crippen LogP contribution is -2.05. The lowest BCUT2D eigenvalue weighted by molar-refractivity contribution is 0.329. The Balaban J connectivity index is 2.04. The van der Waals surface area contributed by atoms with Crippen molar-refractivity contribution in [1.82, 2.24) is 4.98 Å². The molecule has 5 heteroatoms. The van der Waals surface area contributed by atoms with Crippen molar-refractivity contribution in [2.75, 3.05) is 24.8 Å². The van der Waals surface area contributed by atoms with E-state index in [0.717, 1.165) is 17.1 Å². The third-order valence-corrected chi connectivity index (χ3v) is 2.78. The highest BCUT2D eigenvalue weighted by molar-refractivity contribution is 5.53. The molecule has 3 N–H and O–H groups in total. The second kappa shape index (κ2) is 6.65. The van der Waals surface area contributed by atoms with Gasteiger partial charge in [0.2, 0.25) is 5.88 Å². The highest BCUT2D eigenvalue weighted by atomic mass is 16.5. The van der Waals surface area contributed by atoms with Crippen molar-refractivity contribution < 1.29 is 9.47 Å². The van der Waals surface area contributed by atoms with Gasteiger partial charge in [-0.3, -0.25) is 0 Å². The van der Waals surface area contributed by atoms with Gasteiger partial charge in [-0.15, -0.1) is 0 Å². The summed E-state index contributed by atoms with van der Waals surface area (Å²) in [6, 6.07) is 11.5. The summed E-state index contributed by atoms with van der Waals surface area (Å²) in [4.78, 5) is 4.33. The Morgan fingerprint density at radius 3 is 2.85 bits per heavy atom. The largest absolute Gasteiger partial charge is 0.497 e. The highest BCUT2D eigenvalue weighted by Gasteiger charge is 2.04. The molecule has 0 radical (unpaired) electrons. The molecule has 0 aliphatic carbocycles. The first-order valence-corrected chi connectivity index (χ1v) is 6.49. The smallest absolute Gasteiger partial charge is 0.239 e. The third-order valence-electron chi connectivity index (χ3n) is 2.78. The second-order valence-corrected chi connectivity index (χ2v) is 4.23. The van der Waals surface area contributed by atoms with Crippen molar-refractivity contribution in [3.8, 4) is 11.6 Å². The van der Waals surface area contributed by atoms with E-state index >= 15 is 0 Å². The number of nitrogen functional groups attached to an aromatic ring is 1. The van der Waals surface area contributed by atoms with Gasteiger partial charge in [0.15, 0.2) is 0 Å². The number of nitrogens with two attached hydrogens (primary N) is 1. The number of methoxy groups -OCH3 is 1. The van der Waals surface area contributed by atoms with Crippen LogP contribution in [0.4, 0.5) is 11.5 Å². The molecule has 0 atom stereocenters. The Morgan fingerprint density at radius 2 is 2.10 bits per heavy atom. The van der Waals surface area contributed by atoms with Gasteiger partial charge in [0, 0.05) is 6.54 Å². The van der Waals surface area contributed by atoms with Gasteiger partial charge in [0.1, 0.15) is 11.6 Å². The monoisotopic (exact) mass is 273 g/mol. The van der Waals surface area contributed by atoms with Gasteiger partial charge in [-0.2, -0.15) is 4.98 Å². The van der Waals surface area contributed by atoms with E-state index in [1.54, 1.807) is 13.2 Å². The molecule has 1 aromatic carbocycles. The summed E-state index contributed by atoms with van der Waals surface area (Å²) in [5.74, 6) is 2.03. The molecule has 106 valence electrons. The summed E-state index contributed by atoms with van der Waals surface area (Å²) in [5.41, 5.74) is 7.44. The first kappa shape index (κ1) is 14.0. The number of ether oxygens (including phenoxy) is 2. The lowest BCUT2D eigenvalue weighted by Gasteiger charge is -2.10. The summed E-state index contributed by atoms with van der Waals surface area (Å²) in [6.45, 7) is 3.09. The number of aromatic nitrogens is 1. The van der Waals surface area contributed by atoms with Crippen LogP contribution in [0.25, 0.3) is 0 Å². The zero-order valence-electron chi connectivity index (χ0n) is 11.7. The van der Waals surface area contributed by atoms with Crippen LogP contribution in [-0.4, -0.2) is 18.7 Å². The van der Waals surface area contributed by atoms with Gasteiger partial charge in [-0.1, -0.05) is 12.1 Å². The average Bonchev–Trinajstić information content (AvgIpc) is 2.48. The maximum Gasteiger partial charge on any atom is 0.239 e. The van der Waals surface area contributed by atoms with Crippen LogP contribution in [0.1, 0.15) is 12.5 Å². The molecule has 0 unspecified atom stereocenters. The van der Waals surface area contributed by atoms with Crippen LogP contribution < -0.4 is 20.5 Å². The fourth-order valence-electron chi connectivity index (χ4n) is 1.78. The number of hydrogen-bond acceptors (Lipinski definition) is 5. The van der Waals surface area contributed by atoms with Gasteiger partial charge in [0.05, 0.1) is 19.4 Å². The number of anilines is 2. The molecular weight excluding hydrogens is 254 g/mol. The fraction of sp³-hybridized carbons (Fsp3) is 0.267. The van der Waals surface area contributed by atoms with E-state index in [0.29, 0.717) is 24.7 Å². The number of benzene rings is 1. The van der Waals surface area contributed by atoms with E-state index < -0.39 is 0 Å². The van der Waals surface area contributed by atoms with E-state index in [-0.39, 0.29) is 0 Å². The van der Waals surface area contributed by atoms with Crippen LogP contribution in [-0.2, 0) is 6.54 Å². The number of nitrogens with one attached hydrogen (secondary N) is 1. The van der Waals surface area contributed by atoms with Crippen molar-refractivity contribution in [2.24, 2.45) is 0 Å². The molecule has 0 bridgehead atoms. The minimum atomic E-state index is 0.461. The van der Waals surface area contributed by atoms with E-state index in [1.165, 1.54) is 0 Å². The molecule has 5 nitrogen and oxygen atoms in total. The fourth-order valence-corrected chi connectivity index (χ4v) is 1.78. The minimum Gasteiger partial charge on any atom is -0.497 e. The Morgan fingerprint density at radius 1 is 1.25 bits per heavy atom. The average molecular weight is 273 g/mol. The topological polar surface area (TPSA) is 69.4 Å². The molecule has 1 aromatic heterocycles. The van der Waals surface area contributed by atoms with Crippen molar-refractivity contribution in [2.45, 2.75) is 13.5 Å². The number of pyridine rings is 1. The molecule has 0 saturated heterocycles. The Kier molecular flexibility index (Phi) is 4.65. The van der Waals surface area contributed by atoms with Crippen molar-refractivity contribution in [3.63, 3.8) is 0 Å². The molecule has 1 heterocycles. The molecule has 0 fully saturated rings. The standard InChI is InChI=1S/C15H19N3O2/c1-3-20-15-13(16)7-8-14(18-15)17-10-11-5-4-6-12(9-11)19-2/h4-9H,3,10,16H2,1-2H3,(H,17,18). The first-order valence-electron chi connectivity index (χ1n) is 6.49. The SMILES string of the molecule is CCOc1nc(NCc2cccc(OC)c2)ccc1N. The Hall–Kier alpha value is -2.43. The molecule has 2 rings (SSSR count). The van der Waals surface area contributed by atoms with Crippen LogP contribution in [0.2, 0.25) is 0 Å². The zero-order valence-corrected chi connectivity index (χ0v) is 11.7. The van der Waals surface area contributed by atoms with Crippen LogP contribution in [0.5, 0.6) is 11.6 Å². The predicted octanol–water partition coefficient (Wildman–Crippen LogP) is 2.68. The highest BCUT2D eigenvalue weighted by Crippen LogP contribution is 2.21. The minimum absolute atomic E-state index is 0.461. The van der Waals surface area contributed by atoms with Crippen LogP contribution in [0.15, 0.2) is 36.4 Å². The summed E-state index contributed by atoms with van der Waals surface area (Å²) in [5, 5.41) is 3.24. The Bertz CT molecular complexity index is 573. The van der Waals surface area contributed by atoms with Gasteiger partial charge < -0.3 is 20.5 Å². The molecule has 0 aliphatic heterocycles. The molecule has 20 heavy (non-hydrogen) atoms. The summed E-state index contributed by atoms with van der Waals surface area (Å²) >= 11 is 0. The molecule has 0 spiro atoms. The van der Waals surface area contributed by atoms with Gasteiger partial charge in [-0.05, 0) is 36.8 Å². The van der Waals surface area contributed by atoms with Gasteiger partial charge >= 0.3 is 0 Å². The van der Waals surface area contributed by atoms with Crippen LogP contribution in [0.3, 0.4) is 0 Å². The maximum atomic E-state index is 5.79. The Labute approximate surface area is 118 Å². The predicted molar refractivity (Wildman–Crippen MR) is 80.1 cm³/mol. The van der Waals surface area contributed by atoms with E-state index in [2.05, 4.69) is 10.3 Å².